The molecular weight excluding hydrogens is 341 g/mol. The summed E-state index contributed by atoms with van der Waals surface area (Å²) in [5, 5.41) is 19.8. The van der Waals surface area contributed by atoms with Crippen LogP contribution in [0.1, 0.15) is 11.1 Å². The fraction of sp³-hybridized carbons (Fsp3) is 0.286. The molecule has 24 heavy (non-hydrogen) atoms. The Morgan fingerprint density at radius 2 is 2.25 bits per heavy atom. The molecule has 0 bridgehead atoms. The number of halogens is 2. The summed E-state index contributed by atoms with van der Waals surface area (Å²) >= 11 is 0. The monoisotopic (exact) mass is 355 g/mol. The Labute approximate surface area is 142 Å². The Hall–Kier alpha value is -2.52. The lowest BCUT2D eigenvalue weighted by Gasteiger charge is -2.19. The van der Waals surface area contributed by atoms with Crippen LogP contribution in [0.15, 0.2) is 24.4 Å². The second-order valence-electron chi connectivity index (χ2n) is 5.17. The first-order chi connectivity index (χ1) is 11.0. The molecule has 1 aromatic heterocycles. The standard InChI is InChI=1S/C14H14FN5O3.ClH/c15-14-10-3-5-16-7-9(10)1-2-11(14)17-13(21)8-19-6-4-12(18-19)20(22)23;/h1-2,4,6,16H,3,5,7-8H2,(H,17,21);1H. The van der Waals surface area contributed by atoms with Gasteiger partial charge in [-0.2, -0.15) is 4.68 Å². The highest BCUT2D eigenvalue weighted by molar-refractivity contribution is 5.90. The third-order valence-electron chi connectivity index (χ3n) is 3.60. The van der Waals surface area contributed by atoms with E-state index in [1.807, 2.05) is 0 Å². The number of amides is 1. The van der Waals surface area contributed by atoms with Gasteiger partial charge >= 0.3 is 5.82 Å². The van der Waals surface area contributed by atoms with Gasteiger partial charge in [-0.05, 0) is 35.1 Å². The predicted octanol–water partition coefficient (Wildman–Crippen LogP) is 1.64. The Bertz CT molecular complexity index is 780. The maximum absolute atomic E-state index is 14.4. The van der Waals surface area contributed by atoms with Crippen LogP contribution in [0.5, 0.6) is 0 Å². The summed E-state index contributed by atoms with van der Waals surface area (Å²) in [6.07, 6.45) is 1.89. The molecular formula is C14H15ClFN5O3. The Kier molecular flexibility index (Phi) is 5.47. The number of carbonyl (C=O) groups is 1. The van der Waals surface area contributed by atoms with Gasteiger partial charge in [-0.3, -0.25) is 4.79 Å². The topological polar surface area (TPSA) is 102 Å². The predicted molar refractivity (Wildman–Crippen MR) is 86.6 cm³/mol. The summed E-state index contributed by atoms with van der Waals surface area (Å²) in [4.78, 5) is 21.9. The van der Waals surface area contributed by atoms with Crippen LogP contribution in [0.3, 0.4) is 0 Å². The fourth-order valence-electron chi connectivity index (χ4n) is 2.50. The van der Waals surface area contributed by atoms with Gasteiger partial charge in [0.05, 0.1) is 23.0 Å². The molecule has 0 aliphatic carbocycles. The minimum absolute atomic E-state index is 0. The molecule has 3 rings (SSSR count). The molecule has 0 radical (unpaired) electrons. The molecule has 0 saturated heterocycles. The van der Waals surface area contributed by atoms with E-state index in [1.165, 1.54) is 18.3 Å². The van der Waals surface area contributed by atoms with Gasteiger partial charge in [0.2, 0.25) is 5.91 Å². The van der Waals surface area contributed by atoms with Gasteiger partial charge in [-0.1, -0.05) is 6.07 Å². The van der Waals surface area contributed by atoms with Crippen molar-refractivity contribution in [3.63, 3.8) is 0 Å². The number of rotatable bonds is 4. The van der Waals surface area contributed by atoms with E-state index in [4.69, 9.17) is 0 Å². The fourth-order valence-corrected chi connectivity index (χ4v) is 2.50. The SMILES string of the molecule is Cl.O=C(Cn1ccc([N+](=O)[O-])n1)Nc1ccc2c(c1F)CCNC2. The first-order valence-electron chi connectivity index (χ1n) is 7.03. The van der Waals surface area contributed by atoms with Gasteiger partial charge in [0, 0.05) is 6.54 Å². The van der Waals surface area contributed by atoms with Gasteiger partial charge in [-0.15, -0.1) is 12.4 Å². The maximum atomic E-state index is 14.4. The normalized spacial score (nSPS) is 12.9. The number of fused-ring (bicyclic) bond motifs is 1. The molecule has 1 aliphatic rings. The number of hydrogen-bond donors (Lipinski definition) is 2. The minimum atomic E-state index is -0.647. The average molecular weight is 356 g/mol. The van der Waals surface area contributed by atoms with Crippen molar-refractivity contribution in [2.75, 3.05) is 11.9 Å². The number of nitro groups is 1. The van der Waals surface area contributed by atoms with Crippen LogP contribution in [-0.4, -0.2) is 27.2 Å². The number of nitrogens with one attached hydrogen (secondary N) is 2. The summed E-state index contributed by atoms with van der Waals surface area (Å²) in [6, 6.07) is 4.49. The number of anilines is 1. The highest BCUT2D eigenvalue weighted by atomic mass is 35.5. The molecule has 2 N–H and O–H groups in total. The van der Waals surface area contributed by atoms with E-state index in [9.17, 15) is 19.3 Å². The van der Waals surface area contributed by atoms with Crippen LogP contribution < -0.4 is 10.6 Å². The number of benzene rings is 1. The molecule has 10 heteroatoms. The van der Waals surface area contributed by atoms with Crippen molar-refractivity contribution >= 4 is 29.8 Å². The van der Waals surface area contributed by atoms with Crippen LogP contribution >= 0.6 is 12.4 Å². The van der Waals surface area contributed by atoms with Gasteiger partial charge in [0.25, 0.3) is 0 Å². The largest absolute Gasteiger partial charge is 0.389 e. The van der Waals surface area contributed by atoms with Crippen molar-refractivity contribution in [1.82, 2.24) is 15.1 Å². The number of carbonyl (C=O) groups excluding carboxylic acids is 1. The second kappa shape index (κ2) is 7.37. The quantitative estimate of drug-likeness (QED) is 0.641. The zero-order valence-electron chi connectivity index (χ0n) is 12.5. The molecule has 1 aromatic carbocycles. The number of aromatic nitrogens is 2. The molecule has 0 saturated carbocycles. The molecule has 0 spiro atoms. The third kappa shape index (κ3) is 3.69. The molecule has 8 nitrogen and oxygen atoms in total. The lowest BCUT2D eigenvalue weighted by atomic mass is 9.99. The van der Waals surface area contributed by atoms with Crippen LogP contribution in [-0.2, 0) is 24.3 Å². The van der Waals surface area contributed by atoms with Crippen molar-refractivity contribution in [3.8, 4) is 0 Å². The summed E-state index contributed by atoms with van der Waals surface area (Å²) in [5.41, 5.74) is 1.60. The Morgan fingerprint density at radius 1 is 1.46 bits per heavy atom. The minimum Gasteiger partial charge on any atom is -0.358 e. The molecule has 1 amide bonds. The second-order valence-corrected chi connectivity index (χ2v) is 5.17. The van der Waals surface area contributed by atoms with Crippen molar-refractivity contribution in [2.45, 2.75) is 19.5 Å². The molecule has 128 valence electrons. The van der Waals surface area contributed by atoms with Crippen LogP contribution in [0, 0.1) is 15.9 Å². The molecule has 1 aliphatic heterocycles. The number of hydrogen-bond acceptors (Lipinski definition) is 5. The third-order valence-corrected chi connectivity index (χ3v) is 3.60. The molecule has 2 heterocycles. The van der Waals surface area contributed by atoms with Gasteiger partial charge < -0.3 is 20.7 Å². The van der Waals surface area contributed by atoms with Crippen molar-refractivity contribution in [1.29, 1.82) is 0 Å². The van der Waals surface area contributed by atoms with Gasteiger partial charge in [0.1, 0.15) is 12.4 Å². The van der Waals surface area contributed by atoms with Crippen LogP contribution in [0.2, 0.25) is 0 Å². The van der Waals surface area contributed by atoms with E-state index in [1.54, 1.807) is 6.07 Å². The van der Waals surface area contributed by atoms with Gasteiger partial charge in [0.15, 0.2) is 0 Å². The zero-order chi connectivity index (χ0) is 16.4. The van der Waals surface area contributed by atoms with Crippen LogP contribution in [0.4, 0.5) is 15.9 Å². The summed E-state index contributed by atoms with van der Waals surface area (Å²) in [5.74, 6) is -1.27. The molecule has 2 aromatic rings. The first-order valence-corrected chi connectivity index (χ1v) is 7.03. The van der Waals surface area contributed by atoms with Crippen LogP contribution in [0.25, 0.3) is 0 Å². The highest BCUT2D eigenvalue weighted by Gasteiger charge is 2.18. The summed E-state index contributed by atoms with van der Waals surface area (Å²) in [6.45, 7) is 1.07. The van der Waals surface area contributed by atoms with E-state index >= 15 is 0 Å². The first kappa shape index (κ1) is 17.8. The average Bonchev–Trinajstić information content (AvgIpc) is 2.99. The van der Waals surface area contributed by atoms with E-state index in [-0.39, 0.29) is 30.5 Å². The number of nitrogens with zero attached hydrogens (tertiary/aromatic N) is 3. The van der Waals surface area contributed by atoms with Crippen molar-refractivity contribution < 1.29 is 14.1 Å². The maximum Gasteiger partial charge on any atom is 0.389 e. The highest BCUT2D eigenvalue weighted by Crippen LogP contribution is 2.24. The van der Waals surface area contributed by atoms with E-state index in [0.29, 0.717) is 25.1 Å². The van der Waals surface area contributed by atoms with Crippen molar-refractivity contribution in [3.05, 3.63) is 51.5 Å². The van der Waals surface area contributed by atoms with Gasteiger partial charge in [-0.25, -0.2) is 4.39 Å². The molecule has 0 fully saturated rings. The summed E-state index contributed by atoms with van der Waals surface area (Å²) in [7, 11) is 0. The zero-order valence-corrected chi connectivity index (χ0v) is 13.3. The van der Waals surface area contributed by atoms with E-state index in [2.05, 4.69) is 15.7 Å². The Morgan fingerprint density at radius 3 is 2.96 bits per heavy atom. The van der Waals surface area contributed by atoms with E-state index < -0.39 is 16.6 Å². The lowest BCUT2D eigenvalue weighted by Crippen LogP contribution is -2.26. The summed E-state index contributed by atoms with van der Waals surface area (Å²) < 4.78 is 15.5. The molecule has 0 unspecified atom stereocenters. The van der Waals surface area contributed by atoms with E-state index in [0.717, 1.165) is 10.2 Å². The smallest absolute Gasteiger partial charge is 0.358 e. The molecule has 0 atom stereocenters. The lowest BCUT2D eigenvalue weighted by molar-refractivity contribution is -0.389. The Balaban J connectivity index is 0.00000208. The van der Waals surface area contributed by atoms with Crippen molar-refractivity contribution in [2.24, 2.45) is 0 Å².